The summed E-state index contributed by atoms with van der Waals surface area (Å²) < 4.78 is 160. The third kappa shape index (κ3) is 5.26. The molecule has 0 N–H and O–H groups in total. The van der Waals surface area contributed by atoms with Crippen LogP contribution in [-0.4, -0.2) is 26.3 Å². The minimum absolute atomic E-state index is 0.0186. The molecule has 3 aromatic carbocycles. The number of halogens is 11. The summed E-state index contributed by atoms with van der Waals surface area (Å²) in [5.74, 6) is -19.1. The highest BCUT2D eigenvalue weighted by Crippen LogP contribution is 2.42. The molecule has 0 aliphatic heterocycles. The van der Waals surface area contributed by atoms with Crippen LogP contribution in [0.4, 0.5) is 48.3 Å². The molecule has 2 aliphatic rings. The van der Waals surface area contributed by atoms with E-state index in [-0.39, 0.29) is 55.5 Å². The zero-order valence-corrected chi connectivity index (χ0v) is 27.2. The van der Waals surface area contributed by atoms with Crippen molar-refractivity contribution in [2.75, 3.05) is 0 Å². The minimum atomic E-state index is -5.74. The van der Waals surface area contributed by atoms with E-state index in [0.717, 1.165) is 13.1 Å². The molecular formula is C36H9F11N8O. The second-order valence-electron chi connectivity index (χ2n) is 11.8. The van der Waals surface area contributed by atoms with Crippen LogP contribution in [0.3, 0.4) is 0 Å². The SMILES string of the molecule is [C-]#[N+]/C(C#N)=c1\c2c(/c(=C(/C#N)[N+]#[C-])c3c1Cc1nc(-c4c(F)c(F)c(OC(F)(F)F)c(F)c4F)cnc1-3)-c1ncc(-c3c(F)c(F)c(C)c(F)c3F)nc1C2. The molecule has 0 unspecified atom stereocenters. The lowest BCUT2D eigenvalue weighted by atomic mass is 9.92. The van der Waals surface area contributed by atoms with Gasteiger partial charge in [-0.3, -0.25) is 9.97 Å². The van der Waals surface area contributed by atoms with Gasteiger partial charge >= 0.3 is 6.36 Å². The number of ether oxygens (including phenoxy) is 1. The number of rotatable bonds is 3. The maximum absolute atomic E-state index is 15.1. The largest absolute Gasteiger partial charge is 0.573 e. The first kappa shape index (κ1) is 36.9. The number of nitriles is 2. The number of hydrogen-bond acceptors (Lipinski definition) is 7. The molecule has 0 fully saturated rings. The van der Waals surface area contributed by atoms with Gasteiger partial charge in [0.05, 0.1) is 83.0 Å². The summed E-state index contributed by atoms with van der Waals surface area (Å²) in [4.78, 5) is 23.1. The van der Waals surface area contributed by atoms with Crippen molar-refractivity contribution in [2.24, 2.45) is 0 Å². The van der Waals surface area contributed by atoms with Gasteiger partial charge in [-0.15, -0.1) is 13.2 Å². The summed E-state index contributed by atoms with van der Waals surface area (Å²) in [6.45, 7) is 16.3. The topological polar surface area (TPSA) is 117 Å². The van der Waals surface area contributed by atoms with E-state index in [1.165, 1.54) is 0 Å². The van der Waals surface area contributed by atoms with E-state index in [9.17, 15) is 50.0 Å². The predicted molar refractivity (Wildman–Crippen MR) is 167 cm³/mol. The van der Waals surface area contributed by atoms with Crippen LogP contribution in [0.5, 0.6) is 5.75 Å². The third-order valence-electron chi connectivity index (χ3n) is 8.90. The monoisotopic (exact) mass is 778 g/mol. The Kier molecular flexibility index (Phi) is 8.46. The fourth-order valence-electron chi connectivity index (χ4n) is 6.63. The standard InChI is InChI=1S/C36H9F11N8O/c1-10-25(37)27(39)23(28(40)26(10)38)17-8-52-33-13(54-17)4-11-19(15(6-48)50-2)12-5-14-34(21(12)22(20(11)33)16(7-49)51-3)53-9-18(55-14)24-29(41)31(43)35(32(44)30(24)42)56-36(45,46)47/h8-9H,4-5H2,1H3/b19-15+,22-16+. The van der Waals surface area contributed by atoms with E-state index in [1.54, 1.807) is 12.1 Å². The zero-order chi connectivity index (χ0) is 40.7. The van der Waals surface area contributed by atoms with E-state index >= 15 is 8.78 Å². The van der Waals surface area contributed by atoms with Gasteiger partial charge in [0.15, 0.2) is 34.9 Å². The molecule has 0 saturated carbocycles. The quantitative estimate of drug-likeness (QED) is 0.106. The van der Waals surface area contributed by atoms with E-state index in [4.69, 9.17) is 13.1 Å². The molecule has 5 aromatic rings. The summed E-state index contributed by atoms with van der Waals surface area (Å²) in [6, 6.07) is 3.40. The highest BCUT2D eigenvalue weighted by Gasteiger charge is 2.39. The molecular weight excluding hydrogens is 769 g/mol. The van der Waals surface area contributed by atoms with Crippen molar-refractivity contribution in [2.45, 2.75) is 26.1 Å². The lowest BCUT2D eigenvalue weighted by Gasteiger charge is -2.14. The van der Waals surface area contributed by atoms with Gasteiger partial charge in [-0.2, -0.15) is 8.78 Å². The van der Waals surface area contributed by atoms with Gasteiger partial charge in [0.1, 0.15) is 0 Å². The van der Waals surface area contributed by atoms with Crippen molar-refractivity contribution < 1.29 is 53.0 Å². The maximum atomic E-state index is 15.1. The van der Waals surface area contributed by atoms with Crippen LogP contribution >= 0.6 is 0 Å². The van der Waals surface area contributed by atoms with Crippen molar-refractivity contribution >= 4 is 11.4 Å². The van der Waals surface area contributed by atoms with Crippen molar-refractivity contribution in [1.29, 1.82) is 10.5 Å². The van der Waals surface area contributed by atoms with Gasteiger partial charge in [0.2, 0.25) is 17.4 Å². The number of fused-ring (bicyclic) bond motifs is 6. The Morgan fingerprint density at radius 3 is 1.41 bits per heavy atom. The molecule has 9 nitrogen and oxygen atoms in total. The Morgan fingerprint density at radius 1 is 0.643 bits per heavy atom. The molecule has 0 radical (unpaired) electrons. The average Bonchev–Trinajstić information content (AvgIpc) is 3.73. The number of hydrogen-bond donors (Lipinski definition) is 0. The molecule has 2 aliphatic carbocycles. The van der Waals surface area contributed by atoms with Crippen molar-refractivity contribution in [1.82, 2.24) is 19.9 Å². The van der Waals surface area contributed by atoms with E-state index < -0.39 is 111 Å². The second-order valence-corrected chi connectivity index (χ2v) is 11.8. The first-order valence-electron chi connectivity index (χ1n) is 15.2. The summed E-state index contributed by atoms with van der Waals surface area (Å²) in [7, 11) is 0. The Bertz CT molecular complexity index is 2900. The van der Waals surface area contributed by atoms with Gasteiger partial charge in [0.25, 0.3) is 11.4 Å². The molecule has 2 aromatic heterocycles. The van der Waals surface area contributed by atoms with Crippen LogP contribution in [0.2, 0.25) is 0 Å². The van der Waals surface area contributed by atoms with Gasteiger partial charge in [-0.05, 0) is 18.1 Å². The molecule has 20 heteroatoms. The Balaban J connectivity index is 1.51. The number of benzene rings is 3. The van der Waals surface area contributed by atoms with Gasteiger partial charge < -0.3 is 4.74 Å². The molecule has 0 bridgehead atoms. The molecule has 56 heavy (non-hydrogen) atoms. The van der Waals surface area contributed by atoms with Crippen molar-refractivity contribution in [3.63, 3.8) is 0 Å². The fourth-order valence-corrected chi connectivity index (χ4v) is 6.63. The van der Waals surface area contributed by atoms with E-state index in [1.807, 2.05) is 0 Å². The highest BCUT2D eigenvalue weighted by molar-refractivity contribution is 5.91. The normalized spacial score (nSPS) is 13.4. The fraction of sp³-hybridized carbons (Fsp3) is 0.111. The Hall–Kier alpha value is -7.45. The van der Waals surface area contributed by atoms with E-state index in [0.29, 0.717) is 6.20 Å². The summed E-state index contributed by atoms with van der Waals surface area (Å²) in [6.07, 6.45) is -5.33. The number of aromatic nitrogens is 4. The highest BCUT2D eigenvalue weighted by atomic mass is 19.4. The van der Waals surface area contributed by atoms with Crippen LogP contribution < -0.4 is 15.2 Å². The Morgan fingerprint density at radius 2 is 1.04 bits per heavy atom. The average molecular weight is 779 g/mol. The molecule has 0 saturated heterocycles. The minimum Gasteiger partial charge on any atom is -0.399 e. The van der Waals surface area contributed by atoms with Gasteiger partial charge in [-0.25, -0.2) is 56.5 Å². The summed E-state index contributed by atoms with van der Waals surface area (Å²) in [5.41, 5.74) is -7.62. The van der Waals surface area contributed by atoms with E-state index in [2.05, 4.69) is 34.4 Å². The van der Waals surface area contributed by atoms with Crippen LogP contribution in [0.1, 0.15) is 28.1 Å². The maximum Gasteiger partial charge on any atom is 0.573 e. The van der Waals surface area contributed by atoms with Gasteiger partial charge in [-0.1, -0.05) is 0 Å². The Labute approximate surface area is 304 Å². The van der Waals surface area contributed by atoms with Crippen LogP contribution in [0.15, 0.2) is 12.4 Å². The zero-order valence-electron chi connectivity index (χ0n) is 27.2. The lowest BCUT2D eigenvalue weighted by molar-refractivity contribution is -0.276. The summed E-state index contributed by atoms with van der Waals surface area (Å²) >= 11 is 0. The van der Waals surface area contributed by atoms with Gasteiger partial charge in [0, 0.05) is 40.0 Å². The second kappa shape index (κ2) is 12.8. The third-order valence-corrected chi connectivity index (χ3v) is 8.90. The molecule has 0 amide bonds. The number of nitrogens with zero attached hydrogens (tertiary/aromatic N) is 8. The lowest BCUT2D eigenvalue weighted by Crippen LogP contribution is -2.26. The first-order valence-corrected chi connectivity index (χ1v) is 15.2. The summed E-state index contributed by atoms with van der Waals surface area (Å²) in [5, 5.41) is 19.7. The van der Waals surface area contributed by atoms with Crippen LogP contribution in [-0.2, 0) is 12.8 Å². The van der Waals surface area contributed by atoms with Crippen LogP contribution in [0.25, 0.3) is 66.1 Å². The van der Waals surface area contributed by atoms with Crippen molar-refractivity contribution in [3.8, 4) is 62.9 Å². The van der Waals surface area contributed by atoms with Crippen molar-refractivity contribution in [3.05, 3.63) is 120 Å². The smallest absolute Gasteiger partial charge is 0.399 e. The molecule has 0 atom stereocenters. The molecule has 0 spiro atoms. The predicted octanol–water partition coefficient (Wildman–Crippen LogP) is 7.16. The number of alkyl halides is 3. The molecule has 2 heterocycles. The molecule has 276 valence electrons. The molecule has 7 rings (SSSR count). The first-order chi connectivity index (χ1) is 26.5. The van der Waals surface area contributed by atoms with Crippen LogP contribution in [0, 0.1) is 89.3 Å².